The Labute approximate surface area is 133 Å². The van der Waals surface area contributed by atoms with Gasteiger partial charge in [-0.2, -0.15) is 4.98 Å². The van der Waals surface area contributed by atoms with Gasteiger partial charge in [-0.15, -0.1) is 0 Å². The number of aromatic carboxylic acids is 1. The van der Waals surface area contributed by atoms with Gasteiger partial charge in [0.05, 0.1) is 10.5 Å². The molecule has 0 saturated carbocycles. The third kappa shape index (κ3) is 3.98. The molecule has 0 aliphatic heterocycles. The van der Waals surface area contributed by atoms with Gasteiger partial charge in [-0.3, -0.25) is 0 Å². The van der Waals surface area contributed by atoms with Crippen LogP contribution in [0, 0.1) is 3.57 Å². The molecule has 0 bridgehead atoms. The van der Waals surface area contributed by atoms with Gasteiger partial charge >= 0.3 is 5.97 Å². The molecule has 0 unspecified atom stereocenters. The third-order valence-electron chi connectivity index (χ3n) is 2.52. The van der Waals surface area contributed by atoms with Gasteiger partial charge in [-0.25, -0.2) is 17.9 Å². The highest BCUT2D eigenvalue weighted by Crippen LogP contribution is 2.18. The van der Waals surface area contributed by atoms with E-state index in [1.165, 1.54) is 18.5 Å². The fourth-order valence-electron chi connectivity index (χ4n) is 1.52. The van der Waals surface area contributed by atoms with Gasteiger partial charge in [0.1, 0.15) is 0 Å². The Kier molecular flexibility index (Phi) is 4.90. The van der Waals surface area contributed by atoms with Crippen LogP contribution >= 0.6 is 22.6 Å². The minimum atomic E-state index is -3.79. The molecule has 8 nitrogen and oxygen atoms in total. The van der Waals surface area contributed by atoms with Crippen LogP contribution in [0.25, 0.3) is 0 Å². The average Bonchev–Trinajstić information content (AvgIpc) is 2.91. The molecular weight excluding hydrogens is 413 g/mol. The Bertz CT molecular complexity index is 745. The van der Waals surface area contributed by atoms with Crippen LogP contribution in [-0.2, 0) is 16.4 Å². The molecule has 0 amide bonds. The Balaban J connectivity index is 2.12. The molecule has 0 spiro atoms. The highest BCUT2D eigenvalue weighted by molar-refractivity contribution is 14.1. The van der Waals surface area contributed by atoms with Crippen LogP contribution in [-0.4, -0.2) is 36.2 Å². The molecule has 0 saturated heterocycles. The molecule has 21 heavy (non-hydrogen) atoms. The first kappa shape index (κ1) is 15.9. The number of carboxylic acids is 1. The van der Waals surface area contributed by atoms with Crippen molar-refractivity contribution in [2.45, 2.75) is 11.3 Å². The quantitative estimate of drug-likeness (QED) is 0.662. The molecule has 10 heteroatoms. The third-order valence-corrected chi connectivity index (χ3v) is 4.92. The predicted molar refractivity (Wildman–Crippen MR) is 79.3 cm³/mol. The fraction of sp³-hybridized carbons (Fsp3) is 0.182. The Morgan fingerprint density at radius 3 is 2.81 bits per heavy atom. The lowest BCUT2D eigenvalue weighted by Crippen LogP contribution is -2.26. The van der Waals surface area contributed by atoms with E-state index in [-0.39, 0.29) is 23.4 Å². The van der Waals surface area contributed by atoms with Crippen molar-refractivity contribution in [3.63, 3.8) is 0 Å². The first-order valence-electron chi connectivity index (χ1n) is 5.68. The lowest BCUT2D eigenvalue weighted by molar-refractivity contribution is 0.0695. The molecule has 0 radical (unpaired) electrons. The molecule has 112 valence electrons. The first-order chi connectivity index (χ1) is 9.90. The Morgan fingerprint density at radius 2 is 2.19 bits per heavy atom. The summed E-state index contributed by atoms with van der Waals surface area (Å²) >= 11 is 1.83. The topological polar surface area (TPSA) is 122 Å². The minimum absolute atomic E-state index is 0.0598. The molecule has 0 aliphatic rings. The molecular formula is C11H10IN3O5S. The van der Waals surface area contributed by atoms with Gasteiger partial charge in [0, 0.05) is 16.5 Å². The van der Waals surface area contributed by atoms with Crippen molar-refractivity contribution < 1.29 is 22.8 Å². The lowest BCUT2D eigenvalue weighted by atomic mass is 10.2. The highest BCUT2D eigenvalue weighted by atomic mass is 127. The van der Waals surface area contributed by atoms with E-state index in [0.29, 0.717) is 9.46 Å². The molecule has 2 aromatic rings. The number of benzene rings is 1. The number of hydrogen-bond donors (Lipinski definition) is 2. The van der Waals surface area contributed by atoms with Gasteiger partial charge < -0.3 is 9.63 Å². The number of halogens is 1. The standard InChI is InChI=1S/C11H10IN3O5S/c12-9-2-1-7(5-8(9)11(16)17)21(18,19)15-4-3-10-13-6-14-20-10/h1-2,5-6,15H,3-4H2,(H,16,17). The number of carboxylic acid groups (broad SMARTS) is 1. The van der Waals surface area contributed by atoms with E-state index in [1.807, 2.05) is 22.6 Å². The summed E-state index contributed by atoms with van der Waals surface area (Å²) in [6, 6.07) is 3.92. The van der Waals surface area contributed by atoms with Crippen molar-refractivity contribution in [2.75, 3.05) is 6.54 Å². The molecule has 1 heterocycles. The van der Waals surface area contributed by atoms with E-state index >= 15 is 0 Å². The summed E-state index contributed by atoms with van der Waals surface area (Å²) in [6.45, 7) is 0.0684. The molecule has 0 aliphatic carbocycles. The van der Waals surface area contributed by atoms with Gasteiger partial charge in [0.15, 0.2) is 6.33 Å². The number of sulfonamides is 1. The zero-order chi connectivity index (χ0) is 15.5. The van der Waals surface area contributed by atoms with E-state index in [0.717, 1.165) is 6.07 Å². The average molecular weight is 423 g/mol. The second kappa shape index (κ2) is 6.49. The predicted octanol–water partition coefficient (Wildman–Crippen LogP) is 0.893. The molecule has 1 aromatic carbocycles. The van der Waals surface area contributed by atoms with Crippen molar-refractivity contribution in [3.8, 4) is 0 Å². The van der Waals surface area contributed by atoms with Gasteiger partial charge in [0.25, 0.3) is 0 Å². The minimum Gasteiger partial charge on any atom is -0.478 e. The smallest absolute Gasteiger partial charge is 0.336 e. The fourth-order valence-corrected chi connectivity index (χ4v) is 3.14. The summed E-state index contributed by atoms with van der Waals surface area (Å²) in [4.78, 5) is 14.7. The molecule has 0 fully saturated rings. The SMILES string of the molecule is O=C(O)c1cc(S(=O)(=O)NCCc2ncno2)ccc1I. The molecule has 2 N–H and O–H groups in total. The summed E-state index contributed by atoms with van der Waals surface area (Å²) in [5.74, 6) is -0.867. The number of nitrogens with one attached hydrogen (secondary N) is 1. The Hall–Kier alpha value is -1.53. The van der Waals surface area contributed by atoms with Crippen LogP contribution in [0.1, 0.15) is 16.2 Å². The van der Waals surface area contributed by atoms with E-state index in [1.54, 1.807) is 0 Å². The van der Waals surface area contributed by atoms with Crippen molar-refractivity contribution in [1.29, 1.82) is 0 Å². The van der Waals surface area contributed by atoms with E-state index < -0.39 is 16.0 Å². The van der Waals surface area contributed by atoms with Crippen molar-refractivity contribution in [3.05, 3.63) is 39.6 Å². The van der Waals surface area contributed by atoms with Gasteiger partial charge in [-0.05, 0) is 40.8 Å². The van der Waals surface area contributed by atoms with E-state index in [2.05, 4.69) is 14.9 Å². The molecule has 2 rings (SSSR count). The van der Waals surface area contributed by atoms with Crippen LogP contribution in [0.4, 0.5) is 0 Å². The zero-order valence-corrected chi connectivity index (χ0v) is 13.5. The maximum atomic E-state index is 12.1. The first-order valence-corrected chi connectivity index (χ1v) is 8.24. The van der Waals surface area contributed by atoms with E-state index in [4.69, 9.17) is 9.63 Å². The number of nitrogens with zero attached hydrogens (tertiary/aromatic N) is 2. The largest absolute Gasteiger partial charge is 0.478 e. The number of rotatable bonds is 6. The van der Waals surface area contributed by atoms with Crippen molar-refractivity contribution >= 4 is 38.6 Å². The zero-order valence-electron chi connectivity index (χ0n) is 10.5. The number of carbonyl (C=O) groups is 1. The van der Waals surface area contributed by atoms with E-state index in [9.17, 15) is 13.2 Å². The van der Waals surface area contributed by atoms with Gasteiger partial charge in [-0.1, -0.05) is 5.16 Å². The molecule has 0 atom stereocenters. The van der Waals surface area contributed by atoms with Crippen LogP contribution in [0.3, 0.4) is 0 Å². The van der Waals surface area contributed by atoms with Crippen LogP contribution < -0.4 is 4.72 Å². The maximum absolute atomic E-state index is 12.1. The lowest BCUT2D eigenvalue weighted by Gasteiger charge is -2.07. The highest BCUT2D eigenvalue weighted by Gasteiger charge is 2.18. The second-order valence-electron chi connectivity index (χ2n) is 3.93. The van der Waals surface area contributed by atoms with Crippen LogP contribution in [0.15, 0.2) is 33.9 Å². The number of aromatic nitrogens is 2. The summed E-state index contributed by atoms with van der Waals surface area (Å²) in [7, 11) is -3.79. The van der Waals surface area contributed by atoms with Crippen molar-refractivity contribution in [1.82, 2.24) is 14.9 Å². The monoisotopic (exact) mass is 423 g/mol. The van der Waals surface area contributed by atoms with Crippen molar-refractivity contribution in [2.24, 2.45) is 0 Å². The summed E-state index contributed by atoms with van der Waals surface area (Å²) in [5.41, 5.74) is -0.0598. The summed E-state index contributed by atoms with van der Waals surface area (Å²) < 4.78 is 31.7. The number of hydrogen-bond acceptors (Lipinski definition) is 6. The second-order valence-corrected chi connectivity index (χ2v) is 6.86. The summed E-state index contributed by atoms with van der Waals surface area (Å²) in [5, 5.41) is 12.4. The maximum Gasteiger partial charge on any atom is 0.336 e. The van der Waals surface area contributed by atoms with Crippen LogP contribution in [0.2, 0.25) is 0 Å². The summed E-state index contributed by atoms with van der Waals surface area (Å²) in [6.07, 6.45) is 1.47. The van der Waals surface area contributed by atoms with Crippen LogP contribution in [0.5, 0.6) is 0 Å². The molecule has 1 aromatic heterocycles. The van der Waals surface area contributed by atoms with Gasteiger partial charge in [0.2, 0.25) is 15.9 Å². The normalized spacial score (nSPS) is 11.5. The Morgan fingerprint density at radius 1 is 1.43 bits per heavy atom.